The zero-order valence-electron chi connectivity index (χ0n) is 14.7. The van der Waals surface area contributed by atoms with Crippen molar-refractivity contribution in [1.82, 2.24) is 10.9 Å². The van der Waals surface area contributed by atoms with Crippen molar-refractivity contribution < 1.29 is 8.42 Å². The Kier molecular flexibility index (Phi) is 6.22. The van der Waals surface area contributed by atoms with Crippen LogP contribution in [0.25, 0.3) is 0 Å². The van der Waals surface area contributed by atoms with Gasteiger partial charge in [-0.1, -0.05) is 45.9 Å². The van der Waals surface area contributed by atoms with Crippen LogP contribution in [0.2, 0.25) is 0 Å². The van der Waals surface area contributed by atoms with Crippen LogP contribution in [0.3, 0.4) is 0 Å². The molecule has 1 atom stereocenters. The van der Waals surface area contributed by atoms with Crippen LogP contribution < -0.4 is 16.2 Å². The lowest BCUT2D eigenvalue weighted by Gasteiger charge is -2.22. The van der Waals surface area contributed by atoms with E-state index in [1.165, 1.54) is 11.1 Å². The number of nitrogens with one attached hydrogen (secondary N) is 3. The molecule has 0 aliphatic carbocycles. The molecule has 0 aromatic heterocycles. The highest BCUT2D eigenvalue weighted by Gasteiger charge is 2.27. The molecule has 0 amide bonds. The van der Waals surface area contributed by atoms with Gasteiger partial charge in [0.15, 0.2) is 14.9 Å². The minimum Gasteiger partial charge on any atom is -0.331 e. The summed E-state index contributed by atoms with van der Waals surface area (Å²) in [4.78, 5) is 0. The van der Waals surface area contributed by atoms with E-state index in [0.717, 1.165) is 5.69 Å². The van der Waals surface area contributed by atoms with Gasteiger partial charge in [0.05, 0.1) is 11.5 Å². The summed E-state index contributed by atoms with van der Waals surface area (Å²) in [7, 11) is -2.90. The number of anilines is 1. The Labute approximate surface area is 150 Å². The lowest BCUT2D eigenvalue weighted by atomic mass is 9.93. The molecule has 1 aliphatic heterocycles. The predicted molar refractivity (Wildman–Crippen MR) is 104 cm³/mol. The first-order chi connectivity index (χ1) is 11.2. The predicted octanol–water partition coefficient (Wildman–Crippen LogP) is 2.91. The fourth-order valence-electron chi connectivity index (χ4n) is 2.92. The molecule has 134 valence electrons. The third-order valence-corrected chi connectivity index (χ3v) is 6.21. The third kappa shape index (κ3) is 4.91. The maximum absolute atomic E-state index is 11.5. The van der Waals surface area contributed by atoms with Gasteiger partial charge in [-0.25, -0.2) is 13.8 Å². The Morgan fingerprint density at radius 2 is 1.75 bits per heavy atom. The average molecular weight is 370 g/mol. The van der Waals surface area contributed by atoms with Gasteiger partial charge in [0.25, 0.3) is 0 Å². The molecule has 2 rings (SSSR count). The summed E-state index contributed by atoms with van der Waals surface area (Å²) < 4.78 is 23.0. The van der Waals surface area contributed by atoms with Crippen molar-refractivity contribution in [1.29, 1.82) is 0 Å². The minimum atomic E-state index is -2.90. The van der Waals surface area contributed by atoms with E-state index in [1.807, 2.05) is 0 Å². The Hall–Kier alpha value is -1.18. The molecule has 0 bridgehead atoms. The average Bonchev–Trinajstić information content (AvgIpc) is 2.84. The van der Waals surface area contributed by atoms with Gasteiger partial charge in [0.1, 0.15) is 0 Å². The van der Waals surface area contributed by atoms with Crippen LogP contribution in [0.15, 0.2) is 18.2 Å². The summed E-state index contributed by atoms with van der Waals surface area (Å²) in [6.07, 6.45) is 0.609. The van der Waals surface area contributed by atoms with Crippen LogP contribution in [0.1, 0.15) is 57.1 Å². The minimum absolute atomic E-state index is 0.0975. The van der Waals surface area contributed by atoms with Crippen molar-refractivity contribution in [2.24, 2.45) is 0 Å². The van der Waals surface area contributed by atoms with Crippen LogP contribution >= 0.6 is 12.2 Å². The maximum atomic E-state index is 11.5. The Morgan fingerprint density at radius 3 is 2.21 bits per heavy atom. The number of thiocarbonyl (C=S) groups is 1. The molecule has 1 heterocycles. The van der Waals surface area contributed by atoms with Crippen LogP contribution in [0.4, 0.5) is 5.69 Å². The maximum Gasteiger partial charge on any atom is 0.185 e. The van der Waals surface area contributed by atoms with E-state index < -0.39 is 9.84 Å². The first-order valence-electron chi connectivity index (χ1n) is 8.35. The Balaban J connectivity index is 2.05. The second-order valence-corrected chi connectivity index (χ2v) is 9.58. The highest BCUT2D eigenvalue weighted by atomic mass is 32.2. The van der Waals surface area contributed by atoms with E-state index in [-0.39, 0.29) is 17.5 Å². The molecule has 0 saturated carbocycles. The lowest BCUT2D eigenvalue weighted by Crippen LogP contribution is -2.46. The number of benzene rings is 1. The van der Waals surface area contributed by atoms with Crippen LogP contribution in [0, 0.1) is 0 Å². The quantitative estimate of drug-likeness (QED) is 0.548. The summed E-state index contributed by atoms with van der Waals surface area (Å²) in [5.41, 5.74) is 9.45. The molecule has 5 nitrogen and oxygen atoms in total. The number of sulfone groups is 1. The molecule has 3 N–H and O–H groups in total. The monoisotopic (exact) mass is 369 g/mol. The summed E-state index contributed by atoms with van der Waals surface area (Å²) in [5.74, 6) is 1.15. The summed E-state index contributed by atoms with van der Waals surface area (Å²) in [6, 6.07) is 6.20. The van der Waals surface area contributed by atoms with E-state index >= 15 is 0 Å². The van der Waals surface area contributed by atoms with Crippen molar-refractivity contribution >= 4 is 32.9 Å². The largest absolute Gasteiger partial charge is 0.331 e. The highest BCUT2D eigenvalue weighted by molar-refractivity contribution is 7.91. The zero-order valence-corrected chi connectivity index (χ0v) is 16.4. The molecule has 0 unspecified atom stereocenters. The number of rotatable bonds is 5. The second-order valence-electron chi connectivity index (χ2n) is 6.94. The van der Waals surface area contributed by atoms with Crippen molar-refractivity contribution in [3.8, 4) is 0 Å². The lowest BCUT2D eigenvalue weighted by molar-refractivity contribution is 0.530. The van der Waals surface area contributed by atoms with Crippen molar-refractivity contribution in [2.45, 2.75) is 52.0 Å². The number of para-hydroxylation sites is 1. The van der Waals surface area contributed by atoms with Crippen LogP contribution in [-0.2, 0) is 9.84 Å². The molecule has 0 spiro atoms. The molecule has 24 heavy (non-hydrogen) atoms. The van der Waals surface area contributed by atoms with Crippen LogP contribution in [-0.4, -0.2) is 31.1 Å². The van der Waals surface area contributed by atoms with Crippen molar-refractivity contribution in [3.05, 3.63) is 29.3 Å². The van der Waals surface area contributed by atoms with Gasteiger partial charge in [-0.3, -0.25) is 5.43 Å². The number of hydrazine groups is 1. The zero-order chi connectivity index (χ0) is 17.9. The van der Waals surface area contributed by atoms with Gasteiger partial charge in [-0.15, -0.1) is 0 Å². The van der Waals surface area contributed by atoms with Gasteiger partial charge in [-0.2, -0.15) is 0 Å². The van der Waals surface area contributed by atoms with Gasteiger partial charge in [0, 0.05) is 11.7 Å². The number of hydrogen-bond donors (Lipinski definition) is 3. The van der Waals surface area contributed by atoms with E-state index in [2.05, 4.69) is 62.1 Å². The topological polar surface area (TPSA) is 70.2 Å². The summed E-state index contributed by atoms with van der Waals surface area (Å²) in [5, 5.41) is 3.75. The van der Waals surface area contributed by atoms with E-state index in [1.54, 1.807) is 0 Å². The third-order valence-electron chi connectivity index (χ3n) is 4.23. The molecule has 1 aromatic rings. The summed E-state index contributed by atoms with van der Waals surface area (Å²) >= 11 is 5.39. The Bertz CT molecular complexity index is 674. The van der Waals surface area contributed by atoms with Gasteiger partial charge < -0.3 is 5.32 Å². The van der Waals surface area contributed by atoms with Crippen molar-refractivity contribution in [2.75, 3.05) is 16.8 Å². The fraction of sp³-hybridized carbons (Fsp3) is 0.588. The van der Waals surface area contributed by atoms with Crippen LogP contribution in [0.5, 0.6) is 0 Å². The Morgan fingerprint density at radius 1 is 1.17 bits per heavy atom. The molecule has 1 aliphatic rings. The molecular weight excluding hydrogens is 342 g/mol. The van der Waals surface area contributed by atoms with E-state index in [0.29, 0.717) is 23.4 Å². The fourth-order valence-corrected chi connectivity index (χ4v) is 4.75. The first-order valence-corrected chi connectivity index (χ1v) is 10.6. The molecule has 0 radical (unpaired) electrons. The van der Waals surface area contributed by atoms with Gasteiger partial charge in [0.2, 0.25) is 0 Å². The molecular formula is C17H27N3O2S2. The molecule has 1 fully saturated rings. The SMILES string of the molecule is CC(C)c1cccc(C(C)C)c1NC(=S)NN[C@H]1CCS(=O)(=O)C1. The van der Waals surface area contributed by atoms with Crippen molar-refractivity contribution in [3.63, 3.8) is 0 Å². The number of hydrogen-bond acceptors (Lipinski definition) is 4. The first kappa shape index (κ1) is 19.1. The smallest absolute Gasteiger partial charge is 0.185 e. The van der Waals surface area contributed by atoms with Gasteiger partial charge in [-0.05, 0) is 41.6 Å². The normalized spacial score (nSPS) is 19.7. The molecule has 7 heteroatoms. The molecule has 1 saturated heterocycles. The standard InChI is InChI=1S/C17H27N3O2S2/c1-11(2)14-6-5-7-15(12(3)4)16(14)18-17(23)20-19-13-8-9-24(21,22)10-13/h5-7,11-13,19H,8-10H2,1-4H3,(H2,18,20,23)/t13-/m0/s1. The van der Waals surface area contributed by atoms with E-state index in [9.17, 15) is 8.42 Å². The summed E-state index contributed by atoms with van der Waals surface area (Å²) in [6.45, 7) is 8.62. The molecule has 1 aromatic carbocycles. The second kappa shape index (κ2) is 7.80. The van der Waals surface area contributed by atoms with E-state index in [4.69, 9.17) is 12.2 Å². The highest BCUT2D eigenvalue weighted by Crippen LogP contribution is 2.32. The van der Waals surface area contributed by atoms with Gasteiger partial charge >= 0.3 is 0 Å².